The summed E-state index contributed by atoms with van der Waals surface area (Å²) in [5.74, 6) is 0.844. The Morgan fingerprint density at radius 2 is 2.00 bits per heavy atom. The Morgan fingerprint density at radius 1 is 1.32 bits per heavy atom. The average molecular weight is 317 g/mol. The zero-order chi connectivity index (χ0) is 16.2. The molecule has 3 heteroatoms. The summed E-state index contributed by atoms with van der Waals surface area (Å²) in [6, 6.07) is 10.3. The summed E-state index contributed by atoms with van der Waals surface area (Å²) in [7, 11) is -1.75. The van der Waals surface area contributed by atoms with Crippen molar-refractivity contribution in [1.29, 1.82) is 0 Å². The highest BCUT2D eigenvalue weighted by molar-refractivity contribution is 6.79. The maximum atomic E-state index is 6.43. The number of rotatable bonds is 6. The Balaban J connectivity index is 1.91. The van der Waals surface area contributed by atoms with Gasteiger partial charge in [0.1, 0.15) is 0 Å². The Morgan fingerprint density at radius 3 is 2.64 bits per heavy atom. The molecule has 22 heavy (non-hydrogen) atoms. The molecule has 0 aromatic heterocycles. The maximum Gasteiger partial charge on any atom is 0.215 e. The van der Waals surface area contributed by atoms with Crippen molar-refractivity contribution in [2.75, 3.05) is 6.61 Å². The van der Waals surface area contributed by atoms with Gasteiger partial charge in [-0.2, -0.15) is 0 Å². The van der Waals surface area contributed by atoms with E-state index in [0.717, 1.165) is 6.61 Å². The molecule has 1 aliphatic heterocycles. The summed E-state index contributed by atoms with van der Waals surface area (Å²) in [5.41, 5.74) is 1.22. The summed E-state index contributed by atoms with van der Waals surface area (Å²) in [6.07, 6.45) is 4.31. The second-order valence-corrected chi connectivity index (χ2v) is 10.6. The van der Waals surface area contributed by atoms with Crippen LogP contribution in [0.2, 0.25) is 13.1 Å². The fourth-order valence-electron chi connectivity index (χ4n) is 3.36. The lowest BCUT2D eigenvalue weighted by Gasteiger charge is -2.24. The summed E-state index contributed by atoms with van der Waals surface area (Å²) < 4.78 is 12.3. The molecule has 0 unspecified atom stereocenters. The summed E-state index contributed by atoms with van der Waals surface area (Å²) in [4.78, 5) is 0. The molecule has 0 amide bonds. The Hall–Kier alpha value is -1.16. The van der Waals surface area contributed by atoms with Crippen LogP contribution in [0.5, 0.6) is 0 Å². The van der Waals surface area contributed by atoms with Gasteiger partial charge >= 0.3 is 0 Å². The van der Waals surface area contributed by atoms with Gasteiger partial charge in [-0.05, 0) is 23.9 Å². The number of ether oxygens (including phenoxy) is 1. The van der Waals surface area contributed by atoms with E-state index in [9.17, 15) is 0 Å². The van der Waals surface area contributed by atoms with Gasteiger partial charge < -0.3 is 9.16 Å². The van der Waals surface area contributed by atoms with Gasteiger partial charge in [-0.15, -0.1) is 0 Å². The first-order valence-corrected chi connectivity index (χ1v) is 11.0. The summed E-state index contributed by atoms with van der Waals surface area (Å²) >= 11 is 0. The Kier molecular flexibility index (Phi) is 5.79. The third kappa shape index (κ3) is 3.97. The fraction of sp³-hybridized carbons (Fsp3) is 0.474. The van der Waals surface area contributed by atoms with Crippen molar-refractivity contribution in [3.63, 3.8) is 0 Å². The minimum Gasteiger partial charge on any atom is -0.409 e. The highest BCUT2D eigenvalue weighted by Crippen LogP contribution is 2.40. The van der Waals surface area contributed by atoms with Crippen LogP contribution in [0, 0.1) is 11.8 Å². The van der Waals surface area contributed by atoms with Crippen LogP contribution >= 0.6 is 0 Å². The quantitative estimate of drug-likeness (QED) is 0.706. The lowest BCUT2D eigenvalue weighted by molar-refractivity contribution is 0.0328. The predicted molar refractivity (Wildman–Crippen MR) is 95.1 cm³/mol. The van der Waals surface area contributed by atoms with Crippen molar-refractivity contribution < 1.29 is 9.16 Å². The van der Waals surface area contributed by atoms with Gasteiger partial charge in [-0.1, -0.05) is 62.9 Å². The molecule has 1 fully saturated rings. The Labute approximate surface area is 136 Å². The SMILES string of the molecule is C=C/C=C1\[C@H](C)[C@@H]([C@@H](C)COCc2ccccc2)O[Si]1(C)C. The average Bonchev–Trinajstić information content (AvgIpc) is 2.72. The zero-order valence-electron chi connectivity index (χ0n) is 14.2. The number of hydrogen-bond donors (Lipinski definition) is 0. The number of allylic oxidation sites excluding steroid dienone is 2. The third-order valence-corrected chi connectivity index (χ3v) is 7.33. The van der Waals surface area contributed by atoms with Gasteiger partial charge in [-0.3, -0.25) is 0 Å². The molecule has 1 heterocycles. The van der Waals surface area contributed by atoms with Gasteiger partial charge in [0, 0.05) is 11.8 Å². The molecule has 0 bridgehead atoms. The van der Waals surface area contributed by atoms with E-state index in [1.807, 2.05) is 24.3 Å². The van der Waals surface area contributed by atoms with Gasteiger partial charge in [0.05, 0.1) is 19.3 Å². The van der Waals surface area contributed by atoms with Crippen LogP contribution < -0.4 is 0 Å². The van der Waals surface area contributed by atoms with Gasteiger partial charge in [0.25, 0.3) is 0 Å². The lowest BCUT2D eigenvalue weighted by Crippen LogP contribution is -2.31. The van der Waals surface area contributed by atoms with E-state index in [4.69, 9.17) is 9.16 Å². The molecule has 120 valence electrons. The van der Waals surface area contributed by atoms with Crippen molar-refractivity contribution in [2.45, 2.75) is 39.7 Å². The monoisotopic (exact) mass is 316 g/mol. The van der Waals surface area contributed by atoms with Crippen LogP contribution in [0.25, 0.3) is 0 Å². The first-order valence-electron chi connectivity index (χ1n) is 8.08. The van der Waals surface area contributed by atoms with E-state index in [1.54, 1.807) is 0 Å². The van der Waals surface area contributed by atoms with E-state index in [0.29, 0.717) is 18.4 Å². The first kappa shape index (κ1) is 17.2. The molecule has 0 saturated carbocycles. The first-order chi connectivity index (χ1) is 10.5. The van der Waals surface area contributed by atoms with E-state index in [1.165, 1.54) is 10.8 Å². The fourth-order valence-corrected chi connectivity index (χ4v) is 6.39. The highest BCUT2D eigenvalue weighted by Gasteiger charge is 2.45. The van der Waals surface area contributed by atoms with Crippen LogP contribution in [-0.4, -0.2) is 21.0 Å². The standard InChI is InChI=1S/C19H28O2Si/c1-6-10-18-16(3)19(21-22(18,4)5)15(2)13-20-14-17-11-8-7-9-12-17/h6-12,15-16,19H,1,13-14H2,2-5H3/b18-10+/t15-,16-,19+/m0/s1. The smallest absolute Gasteiger partial charge is 0.215 e. The van der Waals surface area contributed by atoms with Gasteiger partial charge in [0.15, 0.2) is 0 Å². The van der Waals surface area contributed by atoms with E-state index < -0.39 is 8.32 Å². The molecular formula is C19H28O2Si. The number of hydrogen-bond acceptors (Lipinski definition) is 2. The van der Waals surface area contributed by atoms with Crippen molar-refractivity contribution in [2.24, 2.45) is 11.8 Å². The number of benzene rings is 1. The van der Waals surface area contributed by atoms with E-state index >= 15 is 0 Å². The van der Waals surface area contributed by atoms with Crippen LogP contribution in [0.3, 0.4) is 0 Å². The highest BCUT2D eigenvalue weighted by atomic mass is 28.4. The minimum atomic E-state index is -1.75. The predicted octanol–water partition coefficient (Wildman–Crippen LogP) is 4.73. The Bertz CT molecular complexity index is 521. The van der Waals surface area contributed by atoms with Crippen molar-refractivity contribution >= 4 is 8.32 Å². The molecule has 1 saturated heterocycles. The van der Waals surface area contributed by atoms with E-state index in [-0.39, 0.29) is 6.10 Å². The lowest BCUT2D eigenvalue weighted by atomic mass is 9.93. The molecule has 2 nitrogen and oxygen atoms in total. The molecule has 0 radical (unpaired) electrons. The largest absolute Gasteiger partial charge is 0.409 e. The molecule has 0 N–H and O–H groups in total. The molecule has 1 aliphatic rings. The summed E-state index contributed by atoms with van der Waals surface area (Å²) in [5, 5.41) is 1.46. The second kappa shape index (κ2) is 7.40. The molecule has 1 aromatic carbocycles. The summed E-state index contributed by atoms with van der Waals surface area (Å²) in [6.45, 7) is 14.3. The molecule has 0 spiro atoms. The zero-order valence-corrected chi connectivity index (χ0v) is 15.2. The van der Waals surface area contributed by atoms with Crippen LogP contribution in [-0.2, 0) is 15.8 Å². The molecule has 1 aromatic rings. The molecule has 2 rings (SSSR count). The van der Waals surface area contributed by atoms with Gasteiger partial charge in [0.2, 0.25) is 8.32 Å². The van der Waals surface area contributed by atoms with Crippen molar-refractivity contribution in [3.05, 3.63) is 59.8 Å². The molecule has 0 aliphatic carbocycles. The van der Waals surface area contributed by atoms with Crippen molar-refractivity contribution in [1.82, 2.24) is 0 Å². The molecule has 3 atom stereocenters. The van der Waals surface area contributed by atoms with E-state index in [2.05, 4.69) is 51.7 Å². The second-order valence-electron chi connectivity index (χ2n) is 6.72. The van der Waals surface area contributed by atoms with Gasteiger partial charge in [-0.25, -0.2) is 0 Å². The topological polar surface area (TPSA) is 18.5 Å². The molecular weight excluding hydrogens is 288 g/mol. The minimum absolute atomic E-state index is 0.253. The maximum absolute atomic E-state index is 6.43. The van der Waals surface area contributed by atoms with Crippen LogP contribution in [0.1, 0.15) is 19.4 Å². The third-order valence-electron chi connectivity index (χ3n) is 4.46. The normalized spacial score (nSPS) is 27.0. The van der Waals surface area contributed by atoms with Crippen molar-refractivity contribution in [3.8, 4) is 0 Å². The van der Waals surface area contributed by atoms with Crippen LogP contribution in [0.15, 0.2) is 54.3 Å². The van der Waals surface area contributed by atoms with Crippen LogP contribution in [0.4, 0.5) is 0 Å².